The van der Waals surface area contributed by atoms with Gasteiger partial charge in [0.15, 0.2) is 0 Å². The minimum atomic E-state index is 0.0563. The van der Waals surface area contributed by atoms with E-state index in [1.54, 1.807) is 11.3 Å². The number of hydrogen-bond acceptors (Lipinski definition) is 2. The summed E-state index contributed by atoms with van der Waals surface area (Å²) in [5.74, 6) is 0.0563. The molecule has 0 fully saturated rings. The van der Waals surface area contributed by atoms with Gasteiger partial charge in [0, 0.05) is 26.9 Å². The van der Waals surface area contributed by atoms with Crippen molar-refractivity contribution in [1.29, 1.82) is 0 Å². The standard InChI is InChI=1S/C16H16N2OS/c1-11-6-7-13(20-11)10-18-16(19)8-12-9-17-15-5-3-2-4-14(12)15/h2-7,9,17H,8,10H2,1H3,(H,18,19). The SMILES string of the molecule is Cc1ccc(CNC(=O)Cc2c[nH]c3ccccc23)s1. The summed E-state index contributed by atoms with van der Waals surface area (Å²) < 4.78 is 0. The van der Waals surface area contributed by atoms with E-state index in [9.17, 15) is 4.79 Å². The van der Waals surface area contributed by atoms with Gasteiger partial charge in [0.2, 0.25) is 5.91 Å². The Labute approximate surface area is 121 Å². The lowest BCUT2D eigenvalue weighted by molar-refractivity contribution is -0.120. The third-order valence-electron chi connectivity index (χ3n) is 3.28. The van der Waals surface area contributed by atoms with Crippen LogP contribution in [-0.4, -0.2) is 10.9 Å². The van der Waals surface area contributed by atoms with Crippen LogP contribution < -0.4 is 5.32 Å². The quantitative estimate of drug-likeness (QED) is 0.758. The molecule has 0 saturated heterocycles. The Morgan fingerprint density at radius 2 is 2.10 bits per heavy atom. The van der Waals surface area contributed by atoms with Gasteiger partial charge in [0.1, 0.15) is 0 Å². The van der Waals surface area contributed by atoms with Crippen molar-refractivity contribution in [2.75, 3.05) is 0 Å². The van der Waals surface area contributed by atoms with Gasteiger partial charge in [-0.25, -0.2) is 0 Å². The van der Waals surface area contributed by atoms with Crippen molar-refractivity contribution in [2.24, 2.45) is 0 Å². The predicted molar refractivity (Wildman–Crippen MR) is 82.9 cm³/mol. The highest BCUT2D eigenvalue weighted by Crippen LogP contribution is 2.18. The molecule has 0 aliphatic heterocycles. The van der Waals surface area contributed by atoms with Gasteiger partial charge in [-0.3, -0.25) is 4.79 Å². The number of H-pyrrole nitrogens is 1. The van der Waals surface area contributed by atoms with Crippen LogP contribution in [0.2, 0.25) is 0 Å². The van der Waals surface area contributed by atoms with Crippen molar-refractivity contribution in [3.8, 4) is 0 Å². The fraction of sp³-hybridized carbons (Fsp3) is 0.188. The molecule has 3 aromatic rings. The molecule has 0 aliphatic carbocycles. The van der Waals surface area contributed by atoms with E-state index in [0.29, 0.717) is 13.0 Å². The second-order valence-electron chi connectivity index (χ2n) is 4.83. The Morgan fingerprint density at radius 1 is 1.25 bits per heavy atom. The summed E-state index contributed by atoms with van der Waals surface area (Å²) in [4.78, 5) is 17.7. The molecule has 2 aromatic heterocycles. The second kappa shape index (κ2) is 5.51. The van der Waals surface area contributed by atoms with Crippen molar-refractivity contribution in [3.63, 3.8) is 0 Å². The van der Waals surface area contributed by atoms with E-state index >= 15 is 0 Å². The molecule has 1 aromatic carbocycles. The minimum absolute atomic E-state index is 0.0563. The number of aromatic nitrogens is 1. The number of para-hydroxylation sites is 1. The van der Waals surface area contributed by atoms with Gasteiger partial charge in [-0.15, -0.1) is 11.3 Å². The highest BCUT2D eigenvalue weighted by Gasteiger charge is 2.08. The largest absolute Gasteiger partial charge is 0.361 e. The first kappa shape index (κ1) is 12.9. The third kappa shape index (κ3) is 2.75. The van der Waals surface area contributed by atoms with Crippen LogP contribution in [0.3, 0.4) is 0 Å². The number of rotatable bonds is 4. The Balaban J connectivity index is 1.64. The van der Waals surface area contributed by atoms with E-state index in [1.807, 2.05) is 30.5 Å². The fourth-order valence-corrected chi connectivity index (χ4v) is 3.11. The zero-order valence-electron chi connectivity index (χ0n) is 11.3. The van der Waals surface area contributed by atoms with Gasteiger partial charge in [0.05, 0.1) is 13.0 Å². The van der Waals surface area contributed by atoms with E-state index in [-0.39, 0.29) is 5.91 Å². The fourth-order valence-electron chi connectivity index (χ4n) is 2.28. The average Bonchev–Trinajstić information content (AvgIpc) is 3.04. The third-order valence-corrected chi connectivity index (χ3v) is 4.28. The summed E-state index contributed by atoms with van der Waals surface area (Å²) in [6.07, 6.45) is 2.33. The molecule has 2 N–H and O–H groups in total. The lowest BCUT2D eigenvalue weighted by Gasteiger charge is -2.03. The zero-order chi connectivity index (χ0) is 13.9. The number of carbonyl (C=O) groups is 1. The summed E-state index contributed by atoms with van der Waals surface area (Å²) in [5, 5.41) is 4.09. The van der Waals surface area contributed by atoms with Gasteiger partial charge in [-0.05, 0) is 30.7 Å². The minimum Gasteiger partial charge on any atom is -0.361 e. The highest BCUT2D eigenvalue weighted by molar-refractivity contribution is 7.11. The van der Waals surface area contributed by atoms with Crippen LogP contribution >= 0.6 is 11.3 Å². The summed E-state index contributed by atoms with van der Waals surface area (Å²) in [6, 6.07) is 12.2. The van der Waals surface area contributed by atoms with Crippen molar-refractivity contribution in [3.05, 3.63) is 57.9 Å². The molecular formula is C16H16N2OS. The number of fused-ring (bicyclic) bond motifs is 1. The molecule has 0 aliphatic rings. The maximum absolute atomic E-state index is 12.0. The molecule has 0 radical (unpaired) electrons. The lowest BCUT2D eigenvalue weighted by Crippen LogP contribution is -2.23. The van der Waals surface area contributed by atoms with Gasteiger partial charge in [-0.1, -0.05) is 18.2 Å². The van der Waals surface area contributed by atoms with Crippen LogP contribution in [0.1, 0.15) is 15.3 Å². The molecule has 20 heavy (non-hydrogen) atoms. The molecule has 3 rings (SSSR count). The molecule has 102 valence electrons. The van der Waals surface area contributed by atoms with Gasteiger partial charge in [-0.2, -0.15) is 0 Å². The number of benzene rings is 1. The first-order valence-corrected chi connectivity index (χ1v) is 7.41. The summed E-state index contributed by atoms with van der Waals surface area (Å²) in [7, 11) is 0. The Kier molecular flexibility index (Phi) is 3.56. The van der Waals surface area contributed by atoms with Crippen LogP contribution in [0, 0.1) is 6.92 Å². The molecule has 0 spiro atoms. The molecule has 0 atom stereocenters. The number of carbonyl (C=O) groups excluding carboxylic acids is 1. The van der Waals surface area contributed by atoms with Gasteiger partial charge < -0.3 is 10.3 Å². The van der Waals surface area contributed by atoms with Crippen LogP contribution in [0.15, 0.2) is 42.6 Å². The van der Waals surface area contributed by atoms with E-state index < -0.39 is 0 Å². The Bertz CT molecular complexity index is 742. The molecule has 3 nitrogen and oxygen atoms in total. The Hall–Kier alpha value is -2.07. The second-order valence-corrected chi connectivity index (χ2v) is 6.20. The number of nitrogens with one attached hydrogen (secondary N) is 2. The molecule has 2 heterocycles. The topological polar surface area (TPSA) is 44.9 Å². The number of thiophene rings is 1. The van der Waals surface area contributed by atoms with E-state index in [2.05, 4.69) is 29.4 Å². The van der Waals surface area contributed by atoms with Crippen molar-refractivity contribution in [1.82, 2.24) is 10.3 Å². The first-order valence-electron chi connectivity index (χ1n) is 6.59. The molecule has 1 amide bonds. The van der Waals surface area contributed by atoms with E-state index in [1.165, 1.54) is 9.75 Å². The summed E-state index contributed by atoms with van der Waals surface area (Å²) >= 11 is 1.72. The smallest absolute Gasteiger partial charge is 0.224 e. The van der Waals surface area contributed by atoms with Crippen LogP contribution in [-0.2, 0) is 17.8 Å². The number of aromatic amines is 1. The predicted octanol–water partition coefficient (Wildman–Crippen LogP) is 3.40. The molecule has 0 saturated carbocycles. The summed E-state index contributed by atoms with van der Waals surface area (Å²) in [6.45, 7) is 2.68. The highest BCUT2D eigenvalue weighted by atomic mass is 32.1. The summed E-state index contributed by atoms with van der Waals surface area (Å²) in [5.41, 5.74) is 2.12. The maximum Gasteiger partial charge on any atom is 0.224 e. The number of aryl methyl sites for hydroxylation is 1. The number of hydrogen-bond donors (Lipinski definition) is 2. The maximum atomic E-state index is 12.0. The Morgan fingerprint density at radius 3 is 2.90 bits per heavy atom. The average molecular weight is 284 g/mol. The normalized spacial score (nSPS) is 10.8. The molecule has 4 heteroatoms. The van der Waals surface area contributed by atoms with Crippen LogP contribution in [0.25, 0.3) is 10.9 Å². The van der Waals surface area contributed by atoms with Crippen LogP contribution in [0.4, 0.5) is 0 Å². The van der Waals surface area contributed by atoms with Gasteiger partial charge >= 0.3 is 0 Å². The number of amides is 1. The van der Waals surface area contributed by atoms with Crippen molar-refractivity contribution >= 4 is 28.1 Å². The lowest BCUT2D eigenvalue weighted by atomic mass is 10.1. The molecular weight excluding hydrogens is 268 g/mol. The monoisotopic (exact) mass is 284 g/mol. The van der Waals surface area contributed by atoms with E-state index in [0.717, 1.165) is 16.5 Å². The molecule has 0 bridgehead atoms. The van der Waals surface area contributed by atoms with Crippen molar-refractivity contribution < 1.29 is 4.79 Å². The van der Waals surface area contributed by atoms with Crippen molar-refractivity contribution in [2.45, 2.75) is 19.9 Å². The molecule has 0 unspecified atom stereocenters. The van der Waals surface area contributed by atoms with Gasteiger partial charge in [0.25, 0.3) is 0 Å². The zero-order valence-corrected chi connectivity index (χ0v) is 12.1. The van der Waals surface area contributed by atoms with Crippen LogP contribution in [0.5, 0.6) is 0 Å². The first-order chi connectivity index (χ1) is 9.72. The van der Waals surface area contributed by atoms with E-state index in [4.69, 9.17) is 0 Å².